The minimum absolute atomic E-state index is 0.0240. The second-order valence-corrected chi connectivity index (χ2v) is 9.88. The van der Waals surface area contributed by atoms with E-state index >= 15 is 0 Å². The van der Waals surface area contributed by atoms with Gasteiger partial charge in [-0.25, -0.2) is 13.1 Å². The van der Waals surface area contributed by atoms with Crippen LogP contribution in [-0.4, -0.2) is 49.1 Å². The Bertz CT molecular complexity index is 1020. The minimum atomic E-state index is -3.50. The van der Waals surface area contributed by atoms with Crippen LogP contribution in [0.4, 0.5) is 0 Å². The Labute approximate surface area is 175 Å². The number of nitrogens with one attached hydrogen (secondary N) is 1. The van der Waals surface area contributed by atoms with Crippen molar-refractivity contribution in [3.8, 4) is 5.75 Å². The Balaban J connectivity index is 1.45. The molecule has 2 aromatic rings. The van der Waals surface area contributed by atoms with Crippen molar-refractivity contribution in [1.29, 1.82) is 0 Å². The van der Waals surface area contributed by atoms with E-state index < -0.39 is 22.1 Å². The molecular formula is C22H25NO6S. The van der Waals surface area contributed by atoms with Crippen LogP contribution < -0.4 is 9.46 Å². The van der Waals surface area contributed by atoms with Crippen LogP contribution in [0.25, 0.3) is 0 Å². The molecule has 4 atom stereocenters. The average Bonchev–Trinajstić information content (AvgIpc) is 3.21. The zero-order valence-corrected chi connectivity index (χ0v) is 17.2. The highest BCUT2D eigenvalue weighted by atomic mass is 32.2. The quantitative estimate of drug-likeness (QED) is 0.586. The molecule has 1 saturated carbocycles. The number of hydrogen-bond acceptors (Lipinski definition) is 5. The van der Waals surface area contributed by atoms with E-state index in [1.165, 1.54) is 0 Å². The number of aliphatic hydroxyl groups is 1. The summed E-state index contributed by atoms with van der Waals surface area (Å²) in [5.41, 5.74) is 2.41. The molecule has 0 aromatic heterocycles. The Morgan fingerprint density at radius 1 is 1.13 bits per heavy atom. The number of sulfonamides is 1. The molecule has 4 rings (SSSR count). The van der Waals surface area contributed by atoms with Crippen LogP contribution >= 0.6 is 0 Å². The molecule has 0 amide bonds. The minimum Gasteiger partial charge on any atom is -0.489 e. The molecule has 1 aliphatic carbocycles. The maximum Gasteiger partial charge on any atom is 0.307 e. The van der Waals surface area contributed by atoms with E-state index in [0.717, 1.165) is 11.1 Å². The van der Waals surface area contributed by atoms with Gasteiger partial charge >= 0.3 is 5.97 Å². The summed E-state index contributed by atoms with van der Waals surface area (Å²) < 4.78 is 33.6. The summed E-state index contributed by atoms with van der Waals surface area (Å²) in [6.07, 6.45) is -0.290. The molecule has 1 aliphatic heterocycles. The van der Waals surface area contributed by atoms with E-state index in [4.69, 9.17) is 9.84 Å². The normalized spacial score (nSPS) is 24.8. The van der Waals surface area contributed by atoms with Crippen LogP contribution in [0.2, 0.25) is 0 Å². The third kappa shape index (κ3) is 4.35. The number of carboxylic acid groups (broad SMARTS) is 1. The number of carbonyl (C=O) groups is 1. The Morgan fingerprint density at radius 3 is 2.63 bits per heavy atom. The third-order valence-corrected chi connectivity index (χ3v) is 7.32. The summed E-state index contributed by atoms with van der Waals surface area (Å²) in [5.74, 6) is -0.891. The molecule has 4 unspecified atom stereocenters. The number of ether oxygens (including phenoxy) is 1. The fourth-order valence-electron chi connectivity index (χ4n) is 4.55. The number of hydrogen-bond donors (Lipinski definition) is 3. The highest BCUT2D eigenvalue weighted by Gasteiger charge is 2.50. The molecule has 0 spiro atoms. The fraction of sp³-hybridized carbons (Fsp3) is 0.409. The SMILES string of the molecule is O=C(O)Cc1cccc2c1OC1CC(O)C(CNS(=O)(=O)CCc3ccccc3)C21. The maximum atomic E-state index is 12.5. The smallest absolute Gasteiger partial charge is 0.307 e. The molecule has 0 radical (unpaired) electrons. The standard InChI is InChI=1S/C22H25NO6S/c24-18-12-19-21(16-8-4-7-15(11-20(25)26)22(16)29-19)17(18)13-23-30(27,28)10-9-14-5-2-1-3-6-14/h1-8,17-19,21,23-24H,9-13H2,(H,25,26). The van der Waals surface area contributed by atoms with Gasteiger partial charge in [0.2, 0.25) is 10.0 Å². The van der Waals surface area contributed by atoms with Crippen molar-refractivity contribution in [2.45, 2.75) is 37.4 Å². The van der Waals surface area contributed by atoms with E-state index in [-0.39, 0.29) is 36.7 Å². The molecule has 30 heavy (non-hydrogen) atoms. The van der Waals surface area contributed by atoms with Gasteiger partial charge in [-0.1, -0.05) is 48.5 Å². The van der Waals surface area contributed by atoms with Gasteiger partial charge in [0, 0.05) is 35.9 Å². The lowest BCUT2D eigenvalue weighted by atomic mass is 9.87. The molecule has 8 heteroatoms. The lowest BCUT2D eigenvalue weighted by Gasteiger charge is -2.21. The van der Waals surface area contributed by atoms with E-state index in [2.05, 4.69) is 4.72 Å². The molecule has 2 aliphatic rings. The van der Waals surface area contributed by atoms with Crippen LogP contribution in [0, 0.1) is 5.92 Å². The first-order valence-corrected chi connectivity index (χ1v) is 11.7. The highest BCUT2D eigenvalue weighted by Crippen LogP contribution is 2.51. The number of aliphatic hydroxyl groups excluding tert-OH is 1. The molecule has 2 aromatic carbocycles. The van der Waals surface area contributed by atoms with Gasteiger partial charge in [0.05, 0.1) is 18.3 Å². The van der Waals surface area contributed by atoms with Gasteiger partial charge in [-0.15, -0.1) is 0 Å². The Kier molecular flexibility index (Phi) is 5.81. The second-order valence-electron chi connectivity index (χ2n) is 7.96. The number of aryl methyl sites for hydroxylation is 1. The van der Waals surface area contributed by atoms with Gasteiger partial charge in [-0.05, 0) is 12.0 Å². The molecule has 1 heterocycles. The van der Waals surface area contributed by atoms with Crippen LogP contribution in [0.5, 0.6) is 5.75 Å². The number of para-hydroxylation sites is 1. The number of benzene rings is 2. The molecular weight excluding hydrogens is 406 g/mol. The van der Waals surface area contributed by atoms with Gasteiger partial charge in [0.1, 0.15) is 11.9 Å². The van der Waals surface area contributed by atoms with Crippen LogP contribution in [-0.2, 0) is 27.7 Å². The van der Waals surface area contributed by atoms with E-state index in [0.29, 0.717) is 24.2 Å². The largest absolute Gasteiger partial charge is 0.489 e. The monoisotopic (exact) mass is 431 g/mol. The number of carboxylic acids is 1. The Morgan fingerprint density at radius 2 is 1.90 bits per heavy atom. The predicted molar refractivity (Wildman–Crippen MR) is 111 cm³/mol. The molecule has 160 valence electrons. The Hall–Kier alpha value is -2.42. The summed E-state index contributed by atoms with van der Waals surface area (Å²) in [6, 6.07) is 14.8. The zero-order chi connectivity index (χ0) is 21.3. The third-order valence-electron chi connectivity index (χ3n) is 5.97. The molecule has 0 saturated heterocycles. The summed E-state index contributed by atoms with van der Waals surface area (Å²) in [4.78, 5) is 11.1. The van der Waals surface area contributed by atoms with Gasteiger partial charge in [0.25, 0.3) is 0 Å². The maximum absolute atomic E-state index is 12.5. The van der Waals surface area contributed by atoms with E-state index in [1.807, 2.05) is 36.4 Å². The van der Waals surface area contributed by atoms with E-state index in [9.17, 15) is 18.3 Å². The lowest BCUT2D eigenvalue weighted by molar-refractivity contribution is -0.136. The van der Waals surface area contributed by atoms with Crippen LogP contribution in [0.1, 0.15) is 29.0 Å². The molecule has 1 fully saturated rings. The summed E-state index contributed by atoms with van der Waals surface area (Å²) >= 11 is 0. The van der Waals surface area contributed by atoms with Gasteiger partial charge in [0.15, 0.2) is 0 Å². The van der Waals surface area contributed by atoms with Gasteiger partial charge < -0.3 is 14.9 Å². The van der Waals surface area contributed by atoms with Gasteiger partial charge in [-0.2, -0.15) is 0 Å². The topological polar surface area (TPSA) is 113 Å². The zero-order valence-electron chi connectivity index (χ0n) is 16.4. The van der Waals surface area contributed by atoms with Gasteiger partial charge in [-0.3, -0.25) is 4.79 Å². The first-order chi connectivity index (χ1) is 14.3. The summed E-state index contributed by atoms with van der Waals surface area (Å²) in [5, 5.41) is 19.7. The molecule has 0 bridgehead atoms. The summed E-state index contributed by atoms with van der Waals surface area (Å²) in [6.45, 7) is 0.116. The number of rotatable bonds is 8. The molecule has 3 N–H and O–H groups in total. The van der Waals surface area contributed by atoms with Crippen LogP contribution in [0.3, 0.4) is 0 Å². The van der Waals surface area contributed by atoms with Crippen molar-refractivity contribution in [1.82, 2.24) is 4.72 Å². The second kappa shape index (κ2) is 8.37. The highest BCUT2D eigenvalue weighted by molar-refractivity contribution is 7.89. The summed E-state index contributed by atoms with van der Waals surface area (Å²) in [7, 11) is -3.50. The number of fused-ring (bicyclic) bond motifs is 3. The van der Waals surface area contributed by atoms with Crippen molar-refractivity contribution in [3.63, 3.8) is 0 Å². The van der Waals surface area contributed by atoms with Crippen molar-refractivity contribution >= 4 is 16.0 Å². The number of aliphatic carboxylic acids is 1. The first-order valence-electron chi connectivity index (χ1n) is 10.0. The first kappa shape index (κ1) is 20.8. The van der Waals surface area contributed by atoms with Crippen molar-refractivity contribution in [3.05, 3.63) is 65.2 Å². The van der Waals surface area contributed by atoms with Crippen LogP contribution in [0.15, 0.2) is 48.5 Å². The predicted octanol–water partition coefficient (Wildman–Crippen LogP) is 1.70. The van der Waals surface area contributed by atoms with Crippen molar-refractivity contribution in [2.75, 3.05) is 12.3 Å². The van der Waals surface area contributed by atoms with E-state index in [1.54, 1.807) is 12.1 Å². The fourth-order valence-corrected chi connectivity index (χ4v) is 5.64. The van der Waals surface area contributed by atoms with Crippen molar-refractivity contribution in [2.24, 2.45) is 5.92 Å². The lowest BCUT2D eigenvalue weighted by Crippen LogP contribution is -2.36. The average molecular weight is 432 g/mol. The molecule has 7 nitrogen and oxygen atoms in total. The van der Waals surface area contributed by atoms with Crippen molar-refractivity contribution < 1.29 is 28.2 Å².